The molecule has 15 heavy (non-hydrogen) atoms. The maximum absolute atomic E-state index is 10.3. The minimum Gasteiger partial charge on any atom is -0.376 e. The smallest absolute Gasteiger partial charge is 0.120 e. The second-order valence-electron chi connectivity index (χ2n) is 4.85. The van der Waals surface area contributed by atoms with Crippen LogP contribution in [0.2, 0.25) is 0 Å². The van der Waals surface area contributed by atoms with E-state index < -0.39 is 0 Å². The molecule has 0 aliphatic carbocycles. The lowest BCUT2D eigenvalue weighted by Crippen LogP contribution is -2.19. The van der Waals surface area contributed by atoms with Crippen molar-refractivity contribution in [2.24, 2.45) is 5.92 Å². The Bertz CT molecular complexity index is 179. The summed E-state index contributed by atoms with van der Waals surface area (Å²) in [6.45, 7) is 10.7. The van der Waals surface area contributed by atoms with Gasteiger partial charge in [0, 0.05) is 13.0 Å². The Hall–Kier alpha value is -0.630. The molecule has 1 atom stereocenters. The van der Waals surface area contributed by atoms with E-state index in [0.717, 1.165) is 32.2 Å². The predicted octanol–water partition coefficient (Wildman–Crippen LogP) is 3.36. The fraction of sp³-hybridized carbons (Fsp3) is 0.769. The summed E-state index contributed by atoms with van der Waals surface area (Å²) in [4.78, 5) is 10.3. The SMILES string of the molecule is C=C[C@H](CC=O)CCCCOC(C)(C)C. The minimum atomic E-state index is -0.0410. The van der Waals surface area contributed by atoms with Gasteiger partial charge in [-0.3, -0.25) is 0 Å². The summed E-state index contributed by atoms with van der Waals surface area (Å²) in [6, 6.07) is 0. The van der Waals surface area contributed by atoms with Gasteiger partial charge in [0.25, 0.3) is 0 Å². The van der Waals surface area contributed by atoms with E-state index in [1.807, 2.05) is 6.08 Å². The predicted molar refractivity (Wildman–Crippen MR) is 63.9 cm³/mol. The van der Waals surface area contributed by atoms with E-state index in [4.69, 9.17) is 4.74 Å². The molecule has 0 unspecified atom stereocenters. The Morgan fingerprint density at radius 1 is 1.33 bits per heavy atom. The van der Waals surface area contributed by atoms with Gasteiger partial charge in [-0.05, 0) is 39.5 Å². The summed E-state index contributed by atoms with van der Waals surface area (Å²) in [5, 5.41) is 0. The topological polar surface area (TPSA) is 26.3 Å². The molecule has 0 aromatic heterocycles. The van der Waals surface area contributed by atoms with Crippen LogP contribution in [0.3, 0.4) is 0 Å². The van der Waals surface area contributed by atoms with Gasteiger partial charge in [-0.25, -0.2) is 0 Å². The third-order valence-corrected chi connectivity index (χ3v) is 2.24. The Morgan fingerprint density at radius 3 is 2.47 bits per heavy atom. The van der Waals surface area contributed by atoms with Crippen molar-refractivity contribution in [3.63, 3.8) is 0 Å². The number of rotatable bonds is 8. The van der Waals surface area contributed by atoms with Crippen LogP contribution in [-0.4, -0.2) is 18.5 Å². The average molecular weight is 212 g/mol. The first-order valence-electron chi connectivity index (χ1n) is 5.69. The zero-order chi connectivity index (χ0) is 11.7. The van der Waals surface area contributed by atoms with Crippen LogP contribution < -0.4 is 0 Å². The summed E-state index contributed by atoms with van der Waals surface area (Å²) in [5.41, 5.74) is -0.0410. The van der Waals surface area contributed by atoms with E-state index in [9.17, 15) is 4.79 Å². The fourth-order valence-electron chi connectivity index (χ4n) is 1.34. The normalized spacial score (nSPS) is 13.5. The molecule has 0 aromatic rings. The van der Waals surface area contributed by atoms with E-state index in [0.29, 0.717) is 12.3 Å². The summed E-state index contributed by atoms with van der Waals surface area (Å²) in [6.07, 6.45) is 6.64. The molecule has 0 N–H and O–H groups in total. The van der Waals surface area contributed by atoms with Crippen LogP contribution in [0, 0.1) is 5.92 Å². The van der Waals surface area contributed by atoms with Gasteiger partial charge in [-0.1, -0.05) is 12.5 Å². The van der Waals surface area contributed by atoms with Gasteiger partial charge < -0.3 is 9.53 Å². The van der Waals surface area contributed by atoms with Gasteiger partial charge in [0.2, 0.25) is 0 Å². The van der Waals surface area contributed by atoms with Crippen molar-refractivity contribution < 1.29 is 9.53 Å². The number of carbonyl (C=O) groups excluding carboxylic acids is 1. The highest BCUT2D eigenvalue weighted by molar-refractivity contribution is 5.50. The van der Waals surface area contributed by atoms with Gasteiger partial charge in [-0.15, -0.1) is 6.58 Å². The zero-order valence-corrected chi connectivity index (χ0v) is 10.3. The summed E-state index contributed by atoms with van der Waals surface area (Å²) in [5.74, 6) is 0.345. The van der Waals surface area contributed by atoms with Crippen molar-refractivity contribution in [1.82, 2.24) is 0 Å². The highest BCUT2D eigenvalue weighted by Crippen LogP contribution is 2.14. The second kappa shape index (κ2) is 7.63. The van der Waals surface area contributed by atoms with E-state index >= 15 is 0 Å². The highest BCUT2D eigenvalue weighted by atomic mass is 16.5. The molecule has 2 heteroatoms. The lowest BCUT2D eigenvalue weighted by molar-refractivity contribution is -0.108. The molecule has 0 aliphatic heterocycles. The first-order chi connectivity index (χ1) is 6.99. The van der Waals surface area contributed by atoms with Crippen LogP contribution in [0.5, 0.6) is 0 Å². The molecule has 0 aromatic carbocycles. The Kier molecular flexibility index (Phi) is 7.31. The molecule has 0 spiro atoms. The van der Waals surface area contributed by atoms with Crippen LogP contribution in [0.1, 0.15) is 46.5 Å². The molecule has 0 aliphatic rings. The number of ether oxygens (including phenoxy) is 1. The molecule has 0 heterocycles. The molecule has 0 amide bonds. The van der Waals surface area contributed by atoms with Crippen molar-refractivity contribution in [1.29, 1.82) is 0 Å². The standard InChI is InChI=1S/C13H24O2/c1-5-12(9-10-14)8-6-7-11-15-13(2,3)4/h5,10,12H,1,6-9,11H2,2-4H3/t12-/m0/s1. The molecule has 88 valence electrons. The Labute approximate surface area is 93.7 Å². The van der Waals surface area contributed by atoms with Crippen LogP contribution >= 0.6 is 0 Å². The number of hydrogen-bond acceptors (Lipinski definition) is 2. The van der Waals surface area contributed by atoms with Gasteiger partial charge in [0.15, 0.2) is 0 Å². The second-order valence-corrected chi connectivity index (χ2v) is 4.85. The van der Waals surface area contributed by atoms with Crippen molar-refractivity contribution in [2.75, 3.05) is 6.61 Å². The Morgan fingerprint density at radius 2 is 2.00 bits per heavy atom. The molecule has 0 fully saturated rings. The minimum absolute atomic E-state index is 0.0410. The van der Waals surface area contributed by atoms with Crippen molar-refractivity contribution >= 4 is 6.29 Å². The van der Waals surface area contributed by atoms with Crippen LogP contribution in [0.4, 0.5) is 0 Å². The molecule has 2 nitrogen and oxygen atoms in total. The maximum atomic E-state index is 10.3. The van der Waals surface area contributed by atoms with E-state index in [2.05, 4.69) is 27.4 Å². The fourth-order valence-corrected chi connectivity index (χ4v) is 1.34. The Balaban J connectivity index is 3.44. The monoisotopic (exact) mass is 212 g/mol. The zero-order valence-electron chi connectivity index (χ0n) is 10.3. The highest BCUT2D eigenvalue weighted by Gasteiger charge is 2.09. The van der Waals surface area contributed by atoms with Gasteiger partial charge in [0.05, 0.1) is 5.60 Å². The summed E-state index contributed by atoms with van der Waals surface area (Å²) < 4.78 is 5.61. The maximum Gasteiger partial charge on any atom is 0.120 e. The third kappa shape index (κ3) is 9.67. The first kappa shape index (κ1) is 14.4. The average Bonchev–Trinajstić information content (AvgIpc) is 2.14. The summed E-state index contributed by atoms with van der Waals surface area (Å²) >= 11 is 0. The van der Waals surface area contributed by atoms with Crippen LogP contribution in [-0.2, 0) is 9.53 Å². The largest absolute Gasteiger partial charge is 0.376 e. The first-order valence-corrected chi connectivity index (χ1v) is 5.69. The van der Waals surface area contributed by atoms with Gasteiger partial charge >= 0.3 is 0 Å². The lowest BCUT2D eigenvalue weighted by Gasteiger charge is -2.19. The number of allylic oxidation sites excluding steroid dienone is 1. The molecular weight excluding hydrogens is 188 g/mol. The number of unbranched alkanes of at least 4 members (excludes halogenated alkanes) is 1. The van der Waals surface area contributed by atoms with Gasteiger partial charge in [0.1, 0.15) is 6.29 Å². The molecule has 0 radical (unpaired) electrons. The molecular formula is C13H24O2. The number of aldehydes is 1. The molecule has 0 saturated heterocycles. The number of hydrogen-bond donors (Lipinski definition) is 0. The van der Waals surface area contributed by atoms with Crippen LogP contribution in [0.25, 0.3) is 0 Å². The van der Waals surface area contributed by atoms with Crippen molar-refractivity contribution in [3.05, 3.63) is 12.7 Å². The van der Waals surface area contributed by atoms with E-state index in [1.54, 1.807) is 0 Å². The third-order valence-electron chi connectivity index (χ3n) is 2.24. The van der Waals surface area contributed by atoms with Crippen molar-refractivity contribution in [3.8, 4) is 0 Å². The molecule has 0 bridgehead atoms. The van der Waals surface area contributed by atoms with E-state index in [1.165, 1.54) is 0 Å². The van der Waals surface area contributed by atoms with E-state index in [-0.39, 0.29) is 5.60 Å². The molecule has 0 saturated carbocycles. The summed E-state index contributed by atoms with van der Waals surface area (Å²) in [7, 11) is 0. The molecule has 0 rings (SSSR count). The van der Waals surface area contributed by atoms with Crippen LogP contribution in [0.15, 0.2) is 12.7 Å². The van der Waals surface area contributed by atoms with Gasteiger partial charge in [-0.2, -0.15) is 0 Å². The van der Waals surface area contributed by atoms with Crippen molar-refractivity contribution in [2.45, 2.75) is 52.1 Å². The quantitative estimate of drug-likeness (QED) is 0.350. The lowest BCUT2D eigenvalue weighted by atomic mass is 9.99. The number of carbonyl (C=O) groups is 1.